The van der Waals surface area contributed by atoms with Crippen LogP contribution in [0.2, 0.25) is 0 Å². The van der Waals surface area contributed by atoms with Crippen LogP contribution in [0.25, 0.3) is 0 Å². The summed E-state index contributed by atoms with van der Waals surface area (Å²) >= 11 is 0. The number of rotatable bonds is 6. The van der Waals surface area contributed by atoms with Crippen LogP contribution in [-0.2, 0) is 4.74 Å². The summed E-state index contributed by atoms with van der Waals surface area (Å²) in [4.78, 5) is 2.58. The van der Waals surface area contributed by atoms with E-state index in [1.165, 1.54) is 32.2 Å². The van der Waals surface area contributed by atoms with Gasteiger partial charge in [-0.2, -0.15) is 0 Å². The highest BCUT2D eigenvalue weighted by atomic mass is 16.5. The lowest BCUT2D eigenvalue weighted by atomic mass is 9.98. The summed E-state index contributed by atoms with van der Waals surface area (Å²) in [6.45, 7) is 5.95. The Balaban J connectivity index is 1.78. The molecular formula is C13H25NO2. The monoisotopic (exact) mass is 227 g/mol. The van der Waals surface area contributed by atoms with Gasteiger partial charge >= 0.3 is 0 Å². The molecule has 1 heterocycles. The number of hydrogen-bond acceptors (Lipinski definition) is 3. The third-order valence-electron chi connectivity index (χ3n) is 3.77. The molecule has 16 heavy (non-hydrogen) atoms. The SMILES string of the molecule is CCCCN(CC1COCCC1O)C1CC1. The zero-order chi connectivity index (χ0) is 11.4. The lowest BCUT2D eigenvalue weighted by molar-refractivity contribution is -0.0474. The first kappa shape index (κ1) is 12.3. The van der Waals surface area contributed by atoms with Crippen molar-refractivity contribution in [2.45, 2.75) is 51.2 Å². The van der Waals surface area contributed by atoms with Gasteiger partial charge in [-0.3, -0.25) is 4.90 Å². The fourth-order valence-corrected chi connectivity index (χ4v) is 2.48. The Kier molecular flexibility index (Phi) is 4.62. The van der Waals surface area contributed by atoms with Crippen LogP contribution in [0.3, 0.4) is 0 Å². The average Bonchev–Trinajstić information content (AvgIpc) is 3.10. The van der Waals surface area contributed by atoms with Gasteiger partial charge in [-0.05, 0) is 32.2 Å². The number of hydrogen-bond donors (Lipinski definition) is 1. The van der Waals surface area contributed by atoms with Crippen LogP contribution in [0.1, 0.15) is 39.0 Å². The molecule has 2 unspecified atom stereocenters. The molecule has 3 heteroatoms. The summed E-state index contributed by atoms with van der Waals surface area (Å²) in [6, 6.07) is 0.806. The minimum Gasteiger partial charge on any atom is -0.393 e. The van der Waals surface area contributed by atoms with E-state index in [-0.39, 0.29) is 6.10 Å². The first-order valence-corrected chi connectivity index (χ1v) is 6.81. The smallest absolute Gasteiger partial charge is 0.0624 e. The third kappa shape index (κ3) is 3.44. The van der Waals surface area contributed by atoms with Gasteiger partial charge < -0.3 is 9.84 Å². The maximum atomic E-state index is 9.94. The number of unbranched alkanes of at least 4 members (excludes halogenated alkanes) is 1. The highest BCUT2D eigenvalue weighted by Gasteiger charge is 2.33. The summed E-state index contributed by atoms with van der Waals surface area (Å²) in [5.74, 6) is 0.339. The summed E-state index contributed by atoms with van der Waals surface area (Å²) in [5.41, 5.74) is 0. The van der Waals surface area contributed by atoms with Crippen molar-refractivity contribution in [1.29, 1.82) is 0 Å². The van der Waals surface area contributed by atoms with Gasteiger partial charge in [0, 0.05) is 25.1 Å². The van der Waals surface area contributed by atoms with E-state index in [9.17, 15) is 5.11 Å². The Morgan fingerprint density at radius 3 is 2.75 bits per heavy atom. The van der Waals surface area contributed by atoms with Crippen molar-refractivity contribution >= 4 is 0 Å². The summed E-state index contributed by atoms with van der Waals surface area (Å²) in [7, 11) is 0. The Morgan fingerprint density at radius 1 is 1.31 bits per heavy atom. The molecule has 1 saturated carbocycles. The molecule has 2 aliphatic rings. The molecule has 0 bridgehead atoms. The van der Waals surface area contributed by atoms with Crippen molar-refractivity contribution in [3.05, 3.63) is 0 Å². The predicted molar refractivity (Wildman–Crippen MR) is 64.4 cm³/mol. The van der Waals surface area contributed by atoms with Crippen LogP contribution in [0.4, 0.5) is 0 Å². The minimum atomic E-state index is -0.142. The maximum absolute atomic E-state index is 9.94. The highest BCUT2D eigenvalue weighted by Crippen LogP contribution is 2.29. The molecule has 0 radical (unpaired) electrons. The van der Waals surface area contributed by atoms with Crippen LogP contribution >= 0.6 is 0 Å². The standard InChI is InChI=1S/C13H25NO2/c1-2-3-7-14(12-4-5-12)9-11-10-16-8-6-13(11)15/h11-13,15H,2-10H2,1H3. The Labute approximate surface area is 98.8 Å². The highest BCUT2D eigenvalue weighted by molar-refractivity contribution is 4.87. The zero-order valence-electron chi connectivity index (χ0n) is 10.4. The lowest BCUT2D eigenvalue weighted by Gasteiger charge is -2.33. The molecule has 94 valence electrons. The van der Waals surface area contributed by atoms with E-state index in [0.29, 0.717) is 5.92 Å². The van der Waals surface area contributed by atoms with E-state index in [0.717, 1.165) is 32.2 Å². The number of aliphatic hydroxyl groups is 1. The van der Waals surface area contributed by atoms with Crippen LogP contribution < -0.4 is 0 Å². The van der Waals surface area contributed by atoms with E-state index in [4.69, 9.17) is 4.74 Å². The second-order valence-corrected chi connectivity index (χ2v) is 5.27. The molecule has 0 spiro atoms. The fraction of sp³-hybridized carbons (Fsp3) is 1.00. The van der Waals surface area contributed by atoms with Crippen LogP contribution in [-0.4, -0.2) is 48.5 Å². The molecule has 1 saturated heterocycles. The van der Waals surface area contributed by atoms with Gasteiger partial charge in [-0.15, -0.1) is 0 Å². The quantitative estimate of drug-likeness (QED) is 0.749. The predicted octanol–water partition coefficient (Wildman–Crippen LogP) is 1.65. The van der Waals surface area contributed by atoms with Gasteiger partial charge in [0.25, 0.3) is 0 Å². The van der Waals surface area contributed by atoms with Crippen LogP contribution in [0, 0.1) is 5.92 Å². The second kappa shape index (κ2) is 5.99. The first-order valence-electron chi connectivity index (χ1n) is 6.81. The summed E-state index contributed by atoms with van der Waals surface area (Å²) in [6.07, 6.45) is 5.92. The summed E-state index contributed by atoms with van der Waals surface area (Å²) in [5, 5.41) is 9.94. The molecule has 1 aliphatic heterocycles. The Bertz CT molecular complexity index is 206. The topological polar surface area (TPSA) is 32.7 Å². The van der Waals surface area contributed by atoms with Gasteiger partial charge in [-0.25, -0.2) is 0 Å². The molecule has 0 aromatic carbocycles. The Morgan fingerprint density at radius 2 is 2.12 bits per heavy atom. The van der Waals surface area contributed by atoms with E-state index in [2.05, 4.69) is 11.8 Å². The van der Waals surface area contributed by atoms with Gasteiger partial charge in [0.2, 0.25) is 0 Å². The molecule has 1 aliphatic carbocycles. The van der Waals surface area contributed by atoms with Crippen molar-refractivity contribution in [2.75, 3.05) is 26.3 Å². The van der Waals surface area contributed by atoms with E-state index in [1.807, 2.05) is 0 Å². The van der Waals surface area contributed by atoms with E-state index in [1.54, 1.807) is 0 Å². The van der Waals surface area contributed by atoms with E-state index < -0.39 is 0 Å². The van der Waals surface area contributed by atoms with Crippen molar-refractivity contribution in [2.24, 2.45) is 5.92 Å². The molecule has 2 fully saturated rings. The molecule has 2 rings (SSSR count). The molecule has 2 atom stereocenters. The lowest BCUT2D eigenvalue weighted by Crippen LogP contribution is -2.42. The maximum Gasteiger partial charge on any atom is 0.0624 e. The largest absolute Gasteiger partial charge is 0.393 e. The van der Waals surface area contributed by atoms with E-state index >= 15 is 0 Å². The number of aliphatic hydroxyl groups excluding tert-OH is 1. The molecule has 1 N–H and O–H groups in total. The number of ether oxygens (including phenoxy) is 1. The van der Waals surface area contributed by atoms with Gasteiger partial charge in [0.15, 0.2) is 0 Å². The van der Waals surface area contributed by atoms with Gasteiger partial charge in [0.1, 0.15) is 0 Å². The molecule has 3 nitrogen and oxygen atoms in total. The van der Waals surface area contributed by atoms with Crippen molar-refractivity contribution in [3.8, 4) is 0 Å². The zero-order valence-corrected chi connectivity index (χ0v) is 10.4. The van der Waals surface area contributed by atoms with Crippen LogP contribution in [0.5, 0.6) is 0 Å². The number of nitrogens with zero attached hydrogens (tertiary/aromatic N) is 1. The third-order valence-corrected chi connectivity index (χ3v) is 3.77. The van der Waals surface area contributed by atoms with Crippen molar-refractivity contribution in [1.82, 2.24) is 4.90 Å². The van der Waals surface area contributed by atoms with Gasteiger partial charge in [0.05, 0.1) is 12.7 Å². The summed E-state index contributed by atoms with van der Waals surface area (Å²) < 4.78 is 5.47. The molecular weight excluding hydrogens is 202 g/mol. The second-order valence-electron chi connectivity index (χ2n) is 5.27. The molecule has 0 amide bonds. The molecule has 0 aromatic heterocycles. The Hall–Kier alpha value is -0.120. The first-order chi connectivity index (χ1) is 7.81. The van der Waals surface area contributed by atoms with Crippen LogP contribution in [0.15, 0.2) is 0 Å². The van der Waals surface area contributed by atoms with Gasteiger partial charge in [-0.1, -0.05) is 13.3 Å². The normalized spacial score (nSPS) is 30.9. The fourth-order valence-electron chi connectivity index (χ4n) is 2.48. The average molecular weight is 227 g/mol. The minimum absolute atomic E-state index is 0.142. The molecule has 0 aromatic rings. The van der Waals surface area contributed by atoms with Crippen molar-refractivity contribution in [3.63, 3.8) is 0 Å². The van der Waals surface area contributed by atoms with Crippen molar-refractivity contribution < 1.29 is 9.84 Å².